The molecule has 0 unspecified atom stereocenters. The quantitative estimate of drug-likeness (QED) is 0.870. The van der Waals surface area contributed by atoms with E-state index in [1.54, 1.807) is 0 Å². The summed E-state index contributed by atoms with van der Waals surface area (Å²) in [6.45, 7) is 0.312. The number of carboxylic acid groups (broad SMARTS) is 1. The fourth-order valence-corrected chi connectivity index (χ4v) is 5.52. The van der Waals surface area contributed by atoms with E-state index in [9.17, 15) is 9.59 Å². The molecule has 0 aliphatic heterocycles. The van der Waals surface area contributed by atoms with E-state index in [-0.39, 0.29) is 23.6 Å². The van der Waals surface area contributed by atoms with Crippen molar-refractivity contribution >= 4 is 11.9 Å². The molecular formula is C17H23N3O3. The third-order valence-corrected chi connectivity index (χ3v) is 5.93. The Balaban J connectivity index is 1.37. The van der Waals surface area contributed by atoms with E-state index in [2.05, 4.69) is 10.4 Å². The van der Waals surface area contributed by atoms with Gasteiger partial charge in [-0.2, -0.15) is 5.10 Å². The minimum absolute atomic E-state index is 0.0194. The van der Waals surface area contributed by atoms with Gasteiger partial charge in [0.1, 0.15) is 5.69 Å². The van der Waals surface area contributed by atoms with E-state index in [0.717, 1.165) is 37.0 Å². The number of amides is 1. The Morgan fingerprint density at radius 2 is 1.83 bits per heavy atom. The minimum atomic E-state index is -1.01. The molecule has 0 atom stereocenters. The van der Waals surface area contributed by atoms with Gasteiger partial charge in [0, 0.05) is 18.2 Å². The second-order valence-electron chi connectivity index (χ2n) is 7.74. The molecule has 4 saturated carbocycles. The number of aromatic carboxylic acids is 1. The SMILES string of the molecule is O=C(CCn1nccc1C(=O)O)NC12CC3CC(CC(C3)C1)C2. The first kappa shape index (κ1) is 14.7. The average molecular weight is 317 g/mol. The van der Waals surface area contributed by atoms with Gasteiger partial charge in [0.05, 0.1) is 6.54 Å². The molecule has 4 bridgehead atoms. The zero-order chi connectivity index (χ0) is 16.0. The van der Waals surface area contributed by atoms with Crippen LogP contribution in [0.4, 0.5) is 0 Å². The molecule has 1 amide bonds. The third-order valence-electron chi connectivity index (χ3n) is 5.93. The van der Waals surface area contributed by atoms with E-state index in [1.807, 2.05) is 0 Å². The van der Waals surface area contributed by atoms with Crippen LogP contribution in [0.3, 0.4) is 0 Å². The Bertz CT molecular complexity index is 601. The number of aromatic nitrogens is 2. The Hall–Kier alpha value is -1.85. The molecule has 0 spiro atoms. The maximum Gasteiger partial charge on any atom is 0.354 e. The molecule has 4 aliphatic carbocycles. The summed E-state index contributed by atoms with van der Waals surface area (Å²) < 4.78 is 1.39. The predicted octanol–water partition coefficient (Wildman–Crippen LogP) is 2.06. The maximum atomic E-state index is 12.4. The van der Waals surface area contributed by atoms with Crippen LogP contribution in [-0.2, 0) is 11.3 Å². The third kappa shape index (κ3) is 2.75. The van der Waals surface area contributed by atoms with Gasteiger partial charge in [0.15, 0.2) is 0 Å². The molecule has 23 heavy (non-hydrogen) atoms. The minimum Gasteiger partial charge on any atom is -0.477 e. The number of nitrogens with one attached hydrogen (secondary N) is 1. The predicted molar refractivity (Wildman–Crippen MR) is 82.8 cm³/mol. The van der Waals surface area contributed by atoms with Gasteiger partial charge in [-0.15, -0.1) is 0 Å². The number of hydrogen-bond acceptors (Lipinski definition) is 3. The normalized spacial score (nSPS) is 34.5. The van der Waals surface area contributed by atoms with E-state index in [4.69, 9.17) is 5.11 Å². The number of nitrogens with zero attached hydrogens (tertiary/aromatic N) is 2. The summed E-state index contributed by atoms with van der Waals surface area (Å²) >= 11 is 0. The Morgan fingerprint density at radius 1 is 1.22 bits per heavy atom. The standard InChI is InChI=1S/C17H23N3O3/c21-15(2-4-20-14(16(22)23)1-3-18-20)19-17-8-11-5-12(9-17)7-13(6-11)10-17/h1,3,11-13H,2,4-10H2,(H,19,21)(H,22,23). The molecule has 1 aromatic heterocycles. The van der Waals surface area contributed by atoms with Gasteiger partial charge in [0.2, 0.25) is 5.91 Å². The Labute approximate surface area is 135 Å². The summed E-state index contributed by atoms with van der Waals surface area (Å²) in [4.78, 5) is 23.5. The van der Waals surface area contributed by atoms with Crippen LogP contribution >= 0.6 is 0 Å². The average Bonchev–Trinajstić information content (AvgIpc) is 2.91. The van der Waals surface area contributed by atoms with Gasteiger partial charge >= 0.3 is 5.97 Å². The van der Waals surface area contributed by atoms with Crippen LogP contribution in [0, 0.1) is 17.8 Å². The lowest BCUT2D eigenvalue weighted by atomic mass is 9.53. The largest absolute Gasteiger partial charge is 0.477 e. The summed E-state index contributed by atoms with van der Waals surface area (Å²) in [6, 6.07) is 1.46. The first-order valence-corrected chi connectivity index (χ1v) is 8.59. The molecule has 2 N–H and O–H groups in total. The van der Waals surface area contributed by atoms with Crippen molar-refractivity contribution in [2.45, 2.75) is 57.0 Å². The molecular weight excluding hydrogens is 294 g/mol. The number of hydrogen-bond donors (Lipinski definition) is 2. The first-order chi connectivity index (χ1) is 11.0. The lowest BCUT2D eigenvalue weighted by Crippen LogP contribution is -2.59. The monoisotopic (exact) mass is 317 g/mol. The van der Waals surface area contributed by atoms with E-state index >= 15 is 0 Å². The lowest BCUT2D eigenvalue weighted by molar-refractivity contribution is -0.127. The zero-order valence-corrected chi connectivity index (χ0v) is 13.2. The van der Waals surface area contributed by atoms with Crippen LogP contribution in [0.25, 0.3) is 0 Å². The van der Waals surface area contributed by atoms with Crippen LogP contribution in [0.15, 0.2) is 12.3 Å². The fourth-order valence-electron chi connectivity index (χ4n) is 5.52. The summed E-state index contributed by atoms with van der Waals surface area (Å²) in [5.41, 5.74) is 0.151. The summed E-state index contributed by atoms with van der Waals surface area (Å²) in [7, 11) is 0. The highest BCUT2D eigenvalue weighted by molar-refractivity contribution is 5.85. The number of carboxylic acids is 1. The lowest BCUT2D eigenvalue weighted by Gasteiger charge is -2.56. The van der Waals surface area contributed by atoms with Crippen molar-refractivity contribution in [3.63, 3.8) is 0 Å². The van der Waals surface area contributed by atoms with Gasteiger partial charge in [0.25, 0.3) is 0 Å². The van der Waals surface area contributed by atoms with Crippen molar-refractivity contribution in [3.8, 4) is 0 Å². The van der Waals surface area contributed by atoms with Crippen molar-refractivity contribution in [1.29, 1.82) is 0 Å². The summed E-state index contributed by atoms with van der Waals surface area (Å²) in [6.07, 6.45) is 9.19. The highest BCUT2D eigenvalue weighted by atomic mass is 16.4. The Morgan fingerprint density at radius 3 is 2.39 bits per heavy atom. The second kappa shape index (κ2) is 5.35. The van der Waals surface area contributed by atoms with Crippen molar-refractivity contribution in [2.24, 2.45) is 17.8 Å². The number of rotatable bonds is 5. The molecule has 1 heterocycles. The van der Waals surface area contributed by atoms with Gasteiger partial charge < -0.3 is 10.4 Å². The van der Waals surface area contributed by atoms with Crippen molar-refractivity contribution in [2.75, 3.05) is 0 Å². The molecule has 0 aromatic carbocycles. The van der Waals surface area contributed by atoms with Crippen molar-refractivity contribution < 1.29 is 14.7 Å². The highest BCUT2D eigenvalue weighted by Gasteiger charge is 2.51. The number of carbonyl (C=O) groups excluding carboxylic acids is 1. The Kier molecular flexibility index (Phi) is 3.43. The number of carbonyl (C=O) groups is 2. The second-order valence-corrected chi connectivity index (χ2v) is 7.74. The zero-order valence-electron chi connectivity index (χ0n) is 13.2. The van der Waals surface area contributed by atoms with Crippen LogP contribution in [0.5, 0.6) is 0 Å². The van der Waals surface area contributed by atoms with Crippen LogP contribution in [0.1, 0.15) is 55.4 Å². The molecule has 124 valence electrons. The first-order valence-electron chi connectivity index (χ1n) is 8.59. The van der Waals surface area contributed by atoms with Crippen LogP contribution < -0.4 is 5.32 Å². The van der Waals surface area contributed by atoms with Crippen LogP contribution in [0.2, 0.25) is 0 Å². The summed E-state index contributed by atoms with van der Waals surface area (Å²) in [5, 5.41) is 16.4. The smallest absolute Gasteiger partial charge is 0.354 e. The molecule has 0 saturated heterocycles. The molecule has 0 radical (unpaired) electrons. The molecule has 5 rings (SSSR count). The van der Waals surface area contributed by atoms with Gasteiger partial charge in [-0.1, -0.05) is 0 Å². The highest BCUT2D eigenvalue weighted by Crippen LogP contribution is 2.55. The van der Waals surface area contributed by atoms with Gasteiger partial charge in [-0.25, -0.2) is 4.79 Å². The van der Waals surface area contributed by atoms with Gasteiger partial charge in [-0.3, -0.25) is 9.48 Å². The summed E-state index contributed by atoms with van der Waals surface area (Å²) in [5.74, 6) is 1.41. The van der Waals surface area contributed by atoms with E-state index < -0.39 is 5.97 Å². The molecule has 6 heteroatoms. The maximum absolute atomic E-state index is 12.4. The van der Waals surface area contributed by atoms with Crippen LogP contribution in [-0.4, -0.2) is 32.3 Å². The number of aryl methyl sites for hydroxylation is 1. The molecule has 4 aliphatic rings. The topological polar surface area (TPSA) is 84.2 Å². The molecule has 6 nitrogen and oxygen atoms in total. The van der Waals surface area contributed by atoms with Gasteiger partial charge in [-0.05, 0) is 62.3 Å². The molecule has 1 aromatic rings. The molecule has 4 fully saturated rings. The fraction of sp³-hybridized carbons (Fsp3) is 0.706. The van der Waals surface area contributed by atoms with E-state index in [1.165, 1.54) is 36.2 Å². The van der Waals surface area contributed by atoms with Crippen molar-refractivity contribution in [1.82, 2.24) is 15.1 Å². The van der Waals surface area contributed by atoms with E-state index in [0.29, 0.717) is 6.54 Å². The van der Waals surface area contributed by atoms with Crippen molar-refractivity contribution in [3.05, 3.63) is 18.0 Å².